The summed E-state index contributed by atoms with van der Waals surface area (Å²) in [6, 6.07) is 10.6. The SMILES string of the molecule is O=C(c1ccc2n[nH]nc2c1)N1CCN(Cc2cccc(C(F)(F)F)c2)CC1. The number of alkyl halides is 3. The number of benzene rings is 2. The summed E-state index contributed by atoms with van der Waals surface area (Å²) in [5.41, 5.74) is 1.86. The number of halogens is 3. The summed E-state index contributed by atoms with van der Waals surface area (Å²) >= 11 is 0. The Bertz CT molecular complexity index is 992. The lowest BCUT2D eigenvalue weighted by Gasteiger charge is -2.34. The van der Waals surface area contributed by atoms with Crippen molar-refractivity contribution in [3.8, 4) is 0 Å². The van der Waals surface area contributed by atoms with Crippen LogP contribution in [0.3, 0.4) is 0 Å². The summed E-state index contributed by atoms with van der Waals surface area (Å²) in [5, 5.41) is 10.5. The van der Waals surface area contributed by atoms with Crippen LogP contribution in [0.1, 0.15) is 21.5 Å². The first-order valence-electron chi connectivity index (χ1n) is 8.88. The van der Waals surface area contributed by atoms with Crippen LogP contribution in [0, 0.1) is 0 Å². The van der Waals surface area contributed by atoms with Crippen LogP contribution in [0.4, 0.5) is 13.2 Å². The summed E-state index contributed by atoms with van der Waals surface area (Å²) in [6.07, 6.45) is -4.34. The van der Waals surface area contributed by atoms with Gasteiger partial charge in [-0.3, -0.25) is 9.69 Å². The second-order valence-corrected chi connectivity index (χ2v) is 6.79. The van der Waals surface area contributed by atoms with E-state index < -0.39 is 11.7 Å². The number of amides is 1. The molecule has 1 fully saturated rings. The van der Waals surface area contributed by atoms with Crippen LogP contribution in [0.2, 0.25) is 0 Å². The largest absolute Gasteiger partial charge is 0.416 e. The zero-order valence-electron chi connectivity index (χ0n) is 14.9. The van der Waals surface area contributed by atoms with Gasteiger partial charge < -0.3 is 4.90 Å². The van der Waals surface area contributed by atoms with Crippen LogP contribution in [0.5, 0.6) is 0 Å². The molecule has 0 unspecified atom stereocenters. The Balaban J connectivity index is 1.37. The van der Waals surface area contributed by atoms with E-state index in [4.69, 9.17) is 0 Å². The van der Waals surface area contributed by atoms with E-state index in [2.05, 4.69) is 20.3 Å². The molecule has 1 aliphatic heterocycles. The number of piperazine rings is 1. The van der Waals surface area contributed by atoms with Crippen LogP contribution in [-0.4, -0.2) is 57.3 Å². The number of aromatic amines is 1. The molecule has 0 aliphatic carbocycles. The fourth-order valence-corrected chi connectivity index (χ4v) is 3.37. The van der Waals surface area contributed by atoms with Crippen molar-refractivity contribution in [3.63, 3.8) is 0 Å². The monoisotopic (exact) mass is 389 g/mol. The van der Waals surface area contributed by atoms with Crippen molar-refractivity contribution < 1.29 is 18.0 Å². The third-order valence-corrected chi connectivity index (χ3v) is 4.88. The molecule has 1 N–H and O–H groups in total. The summed E-state index contributed by atoms with van der Waals surface area (Å²) in [4.78, 5) is 16.5. The zero-order chi connectivity index (χ0) is 19.7. The number of hydrogen-bond donors (Lipinski definition) is 1. The molecule has 0 atom stereocenters. The number of rotatable bonds is 3. The second-order valence-electron chi connectivity index (χ2n) is 6.79. The molecule has 28 heavy (non-hydrogen) atoms. The number of hydrogen-bond acceptors (Lipinski definition) is 4. The maximum absolute atomic E-state index is 12.9. The fourth-order valence-electron chi connectivity index (χ4n) is 3.37. The predicted molar refractivity (Wildman–Crippen MR) is 96.5 cm³/mol. The molecular weight excluding hydrogens is 371 g/mol. The molecule has 146 valence electrons. The molecule has 1 aromatic heterocycles. The van der Waals surface area contributed by atoms with Crippen molar-refractivity contribution in [1.82, 2.24) is 25.2 Å². The maximum atomic E-state index is 12.9. The lowest BCUT2D eigenvalue weighted by molar-refractivity contribution is -0.137. The van der Waals surface area contributed by atoms with Gasteiger partial charge in [0.15, 0.2) is 0 Å². The molecule has 1 aliphatic rings. The van der Waals surface area contributed by atoms with Gasteiger partial charge in [0.25, 0.3) is 5.91 Å². The summed E-state index contributed by atoms with van der Waals surface area (Å²) in [6.45, 7) is 2.68. The normalized spacial score (nSPS) is 15.9. The van der Waals surface area contributed by atoms with Gasteiger partial charge in [0, 0.05) is 38.3 Å². The van der Waals surface area contributed by atoms with Crippen LogP contribution in [-0.2, 0) is 12.7 Å². The van der Waals surface area contributed by atoms with Gasteiger partial charge in [0.2, 0.25) is 0 Å². The number of nitrogens with zero attached hydrogens (tertiary/aromatic N) is 4. The van der Waals surface area contributed by atoms with E-state index in [0.29, 0.717) is 54.9 Å². The molecule has 0 bridgehead atoms. The second kappa shape index (κ2) is 7.23. The average Bonchev–Trinajstić information content (AvgIpc) is 3.15. The molecule has 4 rings (SSSR count). The number of carbonyl (C=O) groups excluding carboxylic acids is 1. The maximum Gasteiger partial charge on any atom is 0.416 e. The molecule has 6 nitrogen and oxygen atoms in total. The third kappa shape index (κ3) is 3.84. The molecule has 0 radical (unpaired) electrons. The first-order valence-corrected chi connectivity index (χ1v) is 8.88. The van der Waals surface area contributed by atoms with Gasteiger partial charge >= 0.3 is 6.18 Å². The number of carbonyl (C=O) groups is 1. The highest BCUT2D eigenvalue weighted by Gasteiger charge is 2.30. The lowest BCUT2D eigenvalue weighted by atomic mass is 10.1. The van der Waals surface area contributed by atoms with E-state index in [1.165, 1.54) is 12.1 Å². The Morgan fingerprint density at radius 2 is 1.75 bits per heavy atom. The van der Waals surface area contributed by atoms with E-state index in [0.717, 1.165) is 6.07 Å². The predicted octanol–water partition coefficient (Wildman–Crippen LogP) is 2.93. The molecule has 1 amide bonds. The van der Waals surface area contributed by atoms with Gasteiger partial charge in [-0.1, -0.05) is 18.2 Å². The molecule has 0 spiro atoms. The summed E-state index contributed by atoms with van der Waals surface area (Å²) in [5.74, 6) is -0.0800. The number of fused-ring (bicyclic) bond motifs is 1. The van der Waals surface area contributed by atoms with Gasteiger partial charge in [-0.15, -0.1) is 0 Å². The standard InChI is InChI=1S/C19H18F3N5O/c20-19(21,22)15-3-1-2-13(10-15)12-26-6-8-27(9-7-26)18(28)14-4-5-16-17(11-14)24-25-23-16/h1-5,10-11H,6-9,12H2,(H,23,24,25). The minimum absolute atomic E-state index is 0.0800. The summed E-state index contributed by atoms with van der Waals surface area (Å²) in [7, 11) is 0. The molecule has 0 saturated carbocycles. The fraction of sp³-hybridized carbons (Fsp3) is 0.316. The number of H-pyrrole nitrogens is 1. The smallest absolute Gasteiger partial charge is 0.336 e. The van der Waals surface area contributed by atoms with Crippen LogP contribution in [0.15, 0.2) is 42.5 Å². The van der Waals surface area contributed by atoms with Crippen LogP contribution < -0.4 is 0 Å². The highest BCUT2D eigenvalue weighted by molar-refractivity contribution is 5.97. The number of nitrogens with one attached hydrogen (secondary N) is 1. The van der Waals surface area contributed by atoms with Gasteiger partial charge in [-0.2, -0.15) is 28.6 Å². The van der Waals surface area contributed by atoms with Gasteiger partial charge in [-0.25, -0.2) is 0 Å². The highest BCUT2D eigenvalue weighted by Crippen LogP contribution is 2.29. The third-order valence-electron chi connectivity index (χ3n) is 4.88. The van der Waals surface area contributed by atoms with E-state index >= 15 is 0 Å². The van der Waals surface area contributed by atoms with Crippen molar-refractivity contribution in [2.75, 3.05) is 26.2 Å². The molecule has 2 aromatic carbocycles. The summed E-state index contributed by atoms with van der Waals surface area (Å²) < 4.78 is 38.6. The topological polar surface area (TPSA) is 65.1 Å². The van der Waals surface area contributed by atoms with E-state index in [-0.39, 0.29) is 5.91 Å². The van der Waals surface area contributed by atoms with Crippen LogP contribution in [0.25, 0.3) is 11.0 Å². The van der Waals surface area contributed by atoms with E-state index in [1.807, 2.05) is 0 Å². The van der Waals surface area contributed by atoms with Crippen LogP contribution >= 0.6 is 0 Å². The van der Waals surface area contributed by atoms with Crippen molar-refractivity contribution in [1.29, 1.82) is 0 Å². The molecule has 1 saturated heterocycles. The average molecular weight is 389 g/mol. The molecular formula is C19H18F3N5O. The first kappa shape index (κ1) is 18.4. The van der Waals surface area contributed by atoms with Crippen molar-refractivity contribution in [2.45, 2.75) is 12.7 Å². The van der Waals surface area contributed by atoms with Crippen molar-refractivity contribution >= 4 is 16.9 Å². The zero-order valence-corrected chi connectivity index (χ0v) is 14.9. The van der Waals surface area contributed by atoms with Gasteiger partial charge in [0.1, 0.15) is 11.0 Å². The minimum Gasteiger partial charge on any atom is -0.336 e. The lowest BCUT2D eigenvalue weighted by Crippen LogP contribution is -2.48. The minimum atomic E-state index is -4.34. The van der Waals surface area contributed by atoms with Gasteiger partial charge in [0.05, 0.1) is 5.56 Å². The van der Waals surface area contributed by atoms with E-state index in [9.17, 15) is 18.0 Å². The van der Waals surface area contributed by atoms with Gasteiger partial charge in [-0.05, 0) is 29.8 Å². The molecule has 3 aromatic rings. The Kier molecular flexibility index (Phi) is 4.76. The van der Waals surface area contributed by atoms with Crippen molar-refractivity contribution in [2.24, 2.45) is 0 Å². The Morgan fingerprint density at radius 1 is 1.00 bits per heavy atom. The quantitative estimate of drug-likeness (QED) is 0.748. The first-order chi connectivity index (χ1) is 13.4. The Hall–Kier alpha value is -2.94. The Morgan fingerprint density at radius 3 is 2.50 bits per heavy atom. The molecule has 2 heterocycles. The highest BCUT2D eigenvalue weighted by atomic mass is 19.4. The Labute approximate surface area is 158 Å². The molecule has 9 heteroatoms. The van der Waals surface area contributed by atoms with E-state index in [1.54, 1.807) is 29.2 Å². The number of aromatic nitrogens is 3. The van der Waals surface area contributed by atoms with Crippen molar-refractivity contribution in [3.05, 3.63) is 59.2 Å².